The molecule has 2 fully saturated rings. The quantitative estimate of drug-likeness (QED) is 0.608. The van der Waals surface area contributed by atoms with E-state index < -0.39 is 0 Å². The number of likely N-dealkylation sites (tertiary alicyclic amines) is 1. The number of rotatable bonds is 8. The summed E-state index contributed by atoms with van der Waals surface area (Å²) in [7, 11) is 0. The molecule has 1 aromatic carbocycles. The molecule has 2 saturated heterocycles. The molecule has 0 spiro atoms. The molecule has 1 amide bonds. The van der Waals surface area contributed by atoms with Crippen LogP contribution < -0.4 is 15.6 Å². The van der Waals surface area contributed by atoms with Gasteiger partial charge in [0.25, 0.3) is 0 Å². The van der Waals surface area contributed by atoms with E-state index in [0.717, 1.165) is 63.4 Å². The number of carbonyl (C=O) groups excluding carboxylic acids is 1. The van der Waals surface area contributed by atoms with E-state index in [1.807, 2.05) is 4.90 Å². The Kier molecular flexibility index (Phi) is 6.21. The summed E-state index contributed by atoms with van der Waals surface area (Å²) >= 11 is 0. The zero-order valence-corrected chi connectivity index (χ0v) is 18.9. The SMILES string of the molecule is CCCCOc1ccc(C2CC3C4NN=C(CCC(=O)N5CCCC5)N4C=CN3N2)cc1. The number of hydrogen-bond donors (Lipinski definition) is 2. The summed E-state index contributed by atoms with van der Waals surface area (Å²) < 4.78 is 5.80. The van der Waals surface area contributed by atoms with E-state index in [4.69, 9.17) is 4.74 Å². The first-order valence-electron chi connectivity index (χ1n) is 12.1. The number of amidine groups is 1. The molecular formula is C24H34N6O2. The lowest BCUT2D eigenvalue weighted by atomic mass is 9.99. The summed E-state index contributed by atoms with van der Waals surface area (Å²) in [5.74, 6) is 2.14. The highest BCUT2D eigenvalue weighted by Crippen LogP contribution is 2.34. The fourth-order valence-electron chi connectivity index (χ4n) is 5.00. The van der Waals surface area contributed by atoms with Crippen molar-refractivity contribution in [2.45, 2.75) is 70.1 Å². The Morgan fingerprint density at radius 2 is 2.00 bits per heavy atom. The maximum atomic E-state index is 12.4. The maximum Gasteiger partial charge on any atom is 0.223 e. The van der Waals surface area contributed by atoms with Gasteiger partial charge in [0.05, 0.1) is 18.7 Å². The average molecular weight is 439 g/mol. The normalized spacial score (nSPS) is 26.1. The molecule has 0 aliphatic carbocycles. The average Bonchev–Trinajstić information content (AvgIpc) is 3.57. The van der Waals surface area contributed by atoms with Crippen LogP contribution in [0, 0.1) is 0 Å². The van der Waals surface area contributed by atoms with Gasteiger partial charge in [-0.05, 0) is 43.4 Å². The molecule has 172 valence electrons. The predicted octanol–water partition coefficient (Wildman–Crippen LogP) is 2.92. The number of hydrogen-bond acceptors (Lipinski definition) is 7. The van der Waals surface area contributed by atoms with Crippen LogP contribution in [0.25, 0.3) is 0 Å². The van der Waals surface area contributed by atoms with Crippen LogP contribution in [0.4, 0.5) is 0 Å². The van der Waals surface area contributed by atoms with Crippen LogP contribution in [-0.2, 0) is 4.79 Å². The Bertz CT molecular complexity index is 864. The zero-order chi connectivity index (χ0) is 21.9. The van der Waals surface area contributed by atoms with Gasteiger partial charge in [-0.25, -0.2) is 5.43 Å². The lowest BCUT2D eigenvalue weighted by Crippen LogP contribution is -2.54. The molecule has 4 heterocycles. The van der Waals surface area contributed by atoms with Crippen molar-refractivity contribution in [2.24, 2.45) is 5.10 Å². The maximum absolute atomic E-state index is 12.4. The Balaban J connectivity index is 1.16. The lowest BCUT2D eigenvalue weighted by Gasteiger charge is -2.37. The van der Waals surface area contributed by atoms with Gasteiger partial charge in [-0.3, -0.25) is 10.2 Å². The van der Waals surface area contributed by atoms with E-state index in [-0.39, 0.29) is 24.2 Å². The van der Waals surface area contributed by atoms with E-state index in [0.29, 0.717) is 12.8 Å². The van der Waals surface area contributed by atoms with Gasteiger partial charge < -0.3 is 19.5 Å². The molecule has 0 saturated carbocycles. The first-order valence-corrected chi connectivity index (χ1v) is 12.1. The predicted molar refractivity (Wildman–Crippen MR) is 123 cm³/mol. The van der Waals surface area contributed by atoms with Crippen LogP contribution in [0.3, 0.4) is 0 Å². The molecule has 0 radical (unpaired) electrons. The first-order chi connectivity index (χ1) is 15.7. The van der Waals surface area contributed by atoms with Crippen molar-refractivity contribution >= 4 is 11.7 Å². The highest BCUT2D eigenvalue weighted by atomic mass is 16.5. The molecule has 2 N–H and O–H groups in total. The third-order valence-electron chi connectivity index (χ3n) is 6.89. The van der Waals surface area contributed by atoms with Crippen molar-refractivity contribution in [3.05, 3.63) is 42.2 Å². The molecule has 8 heteroatoms. The molecule has 32 heavy (non-hydrogen) atoms. The number of fused-ring (bicyclic) bond motifs is 3. The fraction of sp³-hybridized carbons (Fsp3) is 0.583. The molecular weight excluding hydrogens is 404 g/mol. The molecule has 3 atom stereocenters. The highest BCUT2D eigenvalue weighted by molar-refractivity contribution is 5.89. The molecule has 0 bridgehead atoms. The van der Waals surface area contributed by atoms with Crippen LogP contribution in [0.1, 0.15) is 63.5 Å². The Morgan fingerprint density at radius 3 is 2.78 bits per heavy atom. The largest absolute Gasteiger partial charge is 0.494 e. The summed E-state index contributed by atoms with van der Waals surface area (Å²) in [5, 5.41) is 6.78. The Labute approximate surface area is 190 Å². The van der Waals surface area contributed by atoms with Crippen LogP contribution in [-0.4, -0.2) is 58.5 Å². The Hall–Kier alpha value is -2.74. The van der Waals surface area contributed by atoms with Crippen LogP contribution in [0.5, 0.6) is 5.75 Å². The minimum Gasteiger partial charge on any atom is -0.494 e. The smallest absolute Gasteiger partial charge is 0.223 e. The molecule has 1 aromatic rings. The minimum atomic E-state index is 0.0889. The monoisotopic (exact) mass is 438 g/mol. The molecule has 8 nitrogen and oxygen atoms in total. The zero-order valence-electron chi connectivity index (χ0n) is 18.9. The van der Waals surface area contributed by atoms with Gasteiger partial charge in [-0.15, -0.1) is 0 Å². The lowest BCUT2D eigenvalue weighted by molar-refractivity contribution is -0.129. The molecule has 4 aliphatic heterocycles. The van der Waals surface area contributed by atoms with E-state index in [9.17, 15) is 4.79 Å². The van der Waals surface area contributed by atoms with Gasteiger partial charge in [0.15, 0.2) is 0 Å². The molecule has 3 unspecified atom stereocenters. The molecule has 0 aromatic heterocycles. The number of carbonyl (C=O) groups is 1. The van der Waals surface area contributed by atoms with Gasteiger partial charge in [0.2, 0.25) is 5.91 Å². The van der Waals surface area contributed by atoms with Crippen molar-refractivity contribution < 1.29 is 9.53 Å². The number of amides is 1. The van der Waals surface area contributed by atoms with Crippen LogP contribution in [0.2, 0.25) is 0 Å². The van der Waals surface area contributed by atoms with Crippen LogP contribution in [0.15, 0.2) is 41.8 Å². The van der Waals surface area contributed by atoms with E-state index in [1.54, 1.807) is 0 Å². The van der Waals surface area contributed by atoms with Crippen molar-refractivity contribution in [3.63, 3.8) is 0 Å². The third kappa shape index (κ3) is 4.28. The molecule has 4 aliphatic rings. The van der Waals surface area contributed by atoms with Gasteiger partial charge in [0, 0.05) is 38.3 Å². The van der Waals surface area contributed by atoms with Gasteiger partial charge in [-0.1, -0.05) is 25.5 Å². The Morgan fingerprint density at radius 1 is 1.19 bits per heavy atom. The molecule has 5 rings (SSSR count). The van der Waals surface area contributed by atoms with Crippen LogP contribution >= 0.6 is 0 Å². The van der Waals surface area contributed by atoms with Crippen molar-refractivity contribution in [1.82, 2.24) is 25.7 Å². The van der Waals surface area contributed by atoms with E-state index >= 15 is 0 Å². The number of hydrazine groups is 1. The number of nitrogens with zero attached hydrogens (tertiary/aromatic N) is 4. The number of hydrazone groups is 1. The second-order valence-electron chi connectivity index (χ2n) is 9.06. The third-order valence-corrected chi connectivity index (χ3v) is 6.89. The van der Waals surface area contributed by atoms with E-state index in [2.05, 4.69) is 69.5 Å². The van der Waals surface area contributed by atoms with Crippen molar-refractivity contribution in [3.8, 4) is 5.75 Å². The van der Waals surface area contributed by atoms with E-state index in [1.165, 1.54) is 5.56 Å². The number of ether oxygens (including phenoxy) is 1. The second kappa shape index (κ2) is 9.40. The second-order valence-corrected chi connectivity index (χ2v) is 9.06. The number of unbranched alkanes of at least 4 members (excludes halogenated alkanes) is 1. The summed E-state index contributed by atoms with van der Waals surface area (Å²) in [6.07, 6.45) is 10.9. The first kappa shape index (κ1) is 21.1. The summed E-state index contributed by atoms with van der Waals surface area (Å²) in [5.41, 5.74) is 8.20. The number of benzene rings is 1. The van der Waals surface area contributed by atoms with Gasteiger partial charge >= 0.3 is 0 Å². The van der Waals surface area contributed by atoms with Crippen molar-refractivity contribution in [1.29, 1.82) is 0 Å². The van der Waals surface area contributed by atoms with Crippen molar-refractivity contribution in [2.75, 3.05) is 19.7 Å². The summed E-state index contributed by atoms with van der Waals surface area (Å²) in [6, 6.07) is 8.97. The standard InChI is InChI=1S/C24H34N6O2/c1-2-3-16-32-19-8-6-18(7-9-19)20-17-21-24-26-25-22(29(24)14-15-30(21)27-20)10-11-23(31)28-12-4-5-13-28/h6-9,14-15,20-21,24,26-27H,2-5,10-13,16-17H2,1H3. The highest BCUT2D eigenvalue weighted by Gasteiger charge is 2.44. The summed E-state index contributed by atoms with van der Waals surface area (Å²) in [4.78, 5) is 16.6. The topological polar surface area (TPSA) is 72.4 Å². The van der Waals surface area contributed by atoms with Gasteiger partial charge in [0.1, 0.15) is 17.8 Å². The van der Waals surface area contributed by atoms with Gasteiger partial charge in [-0.2, -0.15) is 5.10 Å². The number of nitrogens with one attached hydrogen (secondary N) is 2. The summed E-state index contributed by atoms with van der Waals surface area (Å²) in [6.45, 7) is 4.76. The fourth-order valence-corrected chi connectivity index (χ4v) is 5.00. The minimum absolute atomic E-state index is 0.0889.